The van der Waals surface area contributed by atoms with Crippen molar-refractivity contribution < 1.29 is 4.79 Å². The molecule has 144 valence electrons. The van der Waals surface area contributed by atoms with Crippen LogP contribution in [0, 0.1) is 6.92 Å². The summed E-state index contributed by atoms with van der Waals surface area (Å²) in [6.45, 7) is 3.72. The predicted octanol–water partition coefficient (Wildman–Crippen LogP) is 5.90. The summed E-state index contributed by atoms with van der Waals surface area (Å²) in [5, 5.41) is 5.62. The van der Waals surface area contributed by atoms with Gasteiger partial charge in [-0.25, -0.2) is 0 Å². The highest BCUT2D eigenvalue weighted by Gasteiger charge is 2.29. The van der Waals surface area contributed by atoms with Crippen LogP contribution < -0.4 is 5.32 Å². The summed E-state index contributed by atoms with van der Waals surface area (Å²) >= 11 is 3.53. The van der Waals surface area contributed by atoms with Crippen LogP contribution in [0.15, 0.2) is 65.1 Å². The van der Waals surface area contributed by atoms with Crippen molar-refractivity contribution >= 4 is 38.3 Å². The van der Waals surface area contributed by atoms with Crippen molar-refractivity contribution in [3.63, 3.8) is 0 Å². The third-order valence-corrected chi connectivity index (χ3v) is 6.00. The molecule has 0 bridgehead atoms. The average Bonchev–Trinajstić information content (AvgIpc) is 3.53. The van der Waals surface area contributed by atoms with Gasteiger partial charge in [-0.05, 0) is 69.7 Å². The van der Waals surface area contributed by atoms with Crippen LogP contribution in [0.1, 0.15) is 30.4 Å². The van der Waals surface area contributed by atoms with Crippen LogP contribution in [0.25, 0.3) is 10.8 Å². The largest absolute Gasteiger partial charge is 0.325 e. The number of nitrogens with one attached hydrogen (secondary N) is 1. The number of anilines is 1. The molecule has 4 heteroatoms. The van der Waals surface area contributed by atoms with Crippen molar-refractivity contribution in [1.82, 2.24) is 4.90 Å². The van der Waals surface area contributed by atoms with E-state index in [1.165, 1.54) is 34.7 Å². The summed E-state index contributed by atoms with van der Waals surface area (Å²) in [5.41, 5.74) is 3.34. The molecule has 1 amide bonds. The Labute approximate surface area is 174 Å². The molecule has 0 aliphatic heterocycles. The maximum absolute atomic E-state index is 12.5. The van der Waals surface area contributed by atoms with Crippen LogP contribution in [0.3, 0.4) is 0 Å². The van der Waals surface area contributed by atoms with Gasteiger partial charge in [0.2, 0.25) is 5.91 Å². The number of benzene rings is 3. The van der Waals surface area contributed by atoms with Crippen LogP contribution in [-0.2, 0) is 11.3 Å². The molecule has 3 nitrogen and oxygen atoms in total. The van der Waals surface area contributed by atoms with Gasteiger partial charge in [-0.15, -0.1) is 0 Å². The fraction of sp³-hybridized carbons (Fsp3) is 0.292. The molecular formula is C24H25BrN2O. The summed E-state index contributed by atoms with van der Waals surface area (Å²) in [7, 11) is 0. The number of hydrogen-bond donors (Lipinski definition) is 1. The zero-order valence-corrected chi connectivity index (χ0v) is 17.7. The van der Waals surface area contributed by atoms with E-state index in [9.17, 15) is 4.79 Å². The summed E-state index contributed by atoms with van der Waals surface area (Å²) in [6.07, 6.45) is 2.97. The number of fused-ring (bicyclic) bond motifs is 1. The minimum absolute atomic E-state index is 0.0631. The van der Waals surface area contributed by atoms with Gasteiger partial charge in [0, 0.05) is 30.0 Å². The molecule has 28 heavy (non-hydrogen) atoms. The van der Waals surface area contributed by atoms with E-state index in [1.807, 2.05) is 25.1 Å². The van der Waals surface area contributed by atoms with Gasteiger partial charge >= 0.3 is 0 Å². The Morgan fingerprint density at radius 2 is 1.89 bits per heavy atom. The second-order valence-corrected chi connectivity index (χ2v) is 8.48. The van der Waals surface area contributed by atoms with Gasteiger partial charge in [-0.1, -0.05) is 48.5 Å². The van der Waals surface area contributed by atoms with Crippen LogP contribution in [-0.4, -0.2) is 23.4 Å². The molecule has 3 aromatic carbocycles. The molecule has 1 aliphatic rings. The molecule has 0 spiro atoms. The highest BCUT2D eigenvalue weighted by atomic mass is 79.9. The lowest BCUT2D eigenvalue weighted by atomic mass is 10.0. The zero-order chi connectivity index (χ0) is 19.5. The first-order valence-corrected chi connectivity index (χ1v) is 10.7. The molecular weight excluding hydrogens is 412 g/mol. The van der Waals surface area contributed by atoms with E-state index >= 15 is 0 Å². The smallest absolute Gasteiger partial charge is 0.225 e. The monoisotopic (exact) mass is 436 g/mol. The van der Waals surface area contributed by atoms with Crippen molar-refractivity contribution in [2.75, 3.05) is 11.9 Å². The van der Waals surface area contributed by atoms with Gasteiger partial charge in [0.25, 0.3) is 0 Å². The minimum atomic E-state index is 0.0631. The molecule has 1 aliphatic carbocycles. The lowest BCUT2D eigenvalue weighted by Crippen LogP contribution is -2.29. The third kappa shape index (κ3) is 4.62. The molecule has 4 rings (SSSR count). The van der Waals surface area contributed by atoms with Gasteiger partial charge in [0.05, 0.1) is 5.69 Å². The van der Waals surface area contributed by atoms with Gasteiger partial charge in [0.1, 0.15) is 0 Å². The van der Waals surface area contributed by atoms with Crippen molar-refractivity contribution in [3.8, 4) is 0 Å². The number of nitrogens with zero attached hydrogens (tertiary/aromatic N) is 1. The minimum Gasteiger partial charge on any atom is -0.325 e. The zero-order valence-electron chi connectivity index (χ0n) is 16.1. The summed E-state index contributed by atoms with van der Waals surface area (Å²) in [6, 6.07) is 21.6. The number of carbonyl (C=O) groups excluding carboxylic acids is 1. The van der Waals surface area contributed by atoms with E-state index in [0.717, 1.165) is 23.2 Å². The first-order valence-electron chi connectivity index (χ1n) is 9.87. The highest BCUT2D eigenvalue weighted by molar-refractivity contribution is 9.10. The molecule has 0 saturated heterocycles. The quantitative estimate of drug-likeness (QED) is 0.499. The van der Waals surface area contributed by atoms with Crippen LogP contribution >= 0.6 is 15.9 Å². The van der Waals surface area contributed by atoms with Crippen LogP contribution in [0.5, 0.6) is 0 Å². The maximum atomic E-state index is 12.5. The molecule has 0 unspecified atom stereocenters. The fourth-order valence-corrected chi connectivity index (χ4v) is 4.25. The third-order valence-electron chi connectivity index (χ3n) is 5.34. The Morgan fingerprint density at radius 1 is 1.11 bits per heavy atom. The Hall–Kier alpha value is -2.17. The number of halogens is 1. The fourth-order valence-electron chi connectivity index (χ4n) is 3.66. The van der Waals surface area contributed by atoms with E-state index in [-0.39, 0.29) is 5.91 Å². The van der Waals surface area contributed by atoms with E-state index < -0.39 is 0 Å². The summed E-state index contributed by atoms with van der Waals surface area (Å²) in [4.78, 5) is 15.0. The van der Waals surface area contributed by atoms with E-state index in [1.54, 1.807) is 0 Å². The number of hydrogen-bond acceptors (Lipinski definition) is 2. The molecule has 1 saturated carbocycles. The van der Waals surface area contributed by atoms with Gasteiger partial charge in [-0.2, -0.15) is 0 Å². The molecule has 3 aromatic rings. The number of rotatable bonds is 7. The highest BCUT2D eigenvalue weighted by Crippen LogP contribution is 2.30. The molecule has 0 atom stereocenters. The molecule has 0 heterocycles. The lowest BCUT2D eigenvalue weighted by Gasteiger charge is -2.23. The van der Waals surface area contributed by atoms with Crippen molar-refractivity contribution in [2.45, 2.75) is 38.8 Å². The molecule has 1 fully saturated rings. The van der Waals surface area contributed by atoms with Crippen molar-refractivity contribution in [1.29, 1.82) is 0 Å². The Bertz CT molecular complexity index is 992. The van der Waals surface area contributed by atoms with Gasteiger partial charge in [-0.3, -0.25) is 9.69 Å². The second kappa shape index (κ2) is 8.46. The normalized spacial score (nSPS) is 13.8. The molecule has 0 aromatic heterocycles. The Balaban J connectivity index is 1.41. The van der Waals surface area contributed by atoms with Crippen molar-refractivity contribution in [3.05, 3.63) is 76.3 Å². The standard InChI is InChI=1S/C24H25BrN2O/c1-17-9-12-23(22(25)15-17)26-24(28)13-14-27(20-10-11-20)16-19-7-4-6-18-5-2-3-8-21(18)19/h2-9,12,15,20H,10-11,13-14,16H2,1H3,(H,26,28). The topological polar surface area (TPSA) is 32.3 Å². The first kappa shape index (κ1) is 19.2. The molecule has 0 radical (unpaired) electrons. The van der Waals surface area contributed by atoms with E-state index in [2.05, 4.69) is 68.6 Å². The number of amides is 1. The van der Waals surface area contributed by atoms with E-state index in [4.69, 9.17) is 0 Å². The number of carbonyl (C=O) groups is 1. The summed E-state index contributed by atoms with van der Waals surface area (Å²) < 4.78 is 0.927. The molecule has 1 N–H and O–H groups in total. The SMILES string of the molecule is Cc1ccc(NC(=O)CCN(Cc2cccc3ccccc23)C2CC2)c(Br)c1. The van der Waals surface area contributed by atoms with Crippen LogP contribution in [0.4, 0.5) is 5.69 Å². The lowest BCUT2D eigenvalue weighted by molar-refractivity contribution is -0.116. The maximum Gasteiger partial charge on any atom is 0.225 e. The van der Waals surface area contributed by atoms with Gasteiger partial charge < -0.3 is 5.32 Å². The second-order valence-electron chi connectivity index (χ2n) is 7.62. The number of aryl methyl sites for hydroxylation is 1. The summed E-state index contributed by atoms with van der Waals surface area (Å²) in [5.74, 6) is 0.0631. The van der Waals surface area contributed by atoms with Gasteiger partial charge in [0.15, 0.2) is 0 Å². The first-order chi connectivity index (χ1) is 13.6. The Kier molecular flexibility index (Phi) is 5.79. The Morgan fingerprint density at radius 3 is 2.68 bits per heavy atom. The van der Waals surface area contributed by atoms with Crippen LogP contribution in [0.2, 0.25) is 0 Å². The van der Waals surface area contributed by atoms with Crippen molar-refractivity contribution in [2.24, 2.45) is 0 Å². The van der Waals surface area contributed by atoms with E-state index in [0.29, 0.717) is 12.5 Å². The predicted molar refractivity (Wildman–Crippen MR) is 120 cm³/mol. The average molecular weight is 437 g/mol.